The van der Waals surface area contributed by atoms with Gasteiger partial charge in [0.25, 0.3) is 5.91 Å². The third-order valence-electron chi connectivity index (χ3n) is 1.38. The molecule has 0 bridgehead atoms. The maximum absolute atomic E-state index is 11.0. The van der Waals surface area contributed by atoms with E-state index in [2.05, 4.69) is 17.2 Å². The normalized spacial score (nSPS) is 8.38. The molecule has 1 rings (SSSR count). The highest BCUT2D eigenvalue weighted by molar-refractivity contribution is 6.04. The summed E-state index contributed by atoms with van der Waals surface area (Å²) in [4.78, 5) is 11.0. The zero-order valence-corrected chi connectivity index (χ0v) is 7.29. The van der Waals surface area contributed by atoms with Gasteiger partial charge in [0.1, 0.15) is 0 Å². The van der Waals surface area contributed by atoms with Gasteiger partial charge in [-0.05, 0) is 31.0 Å². The SMILES string of the molecule is CC#CC(=O)Nc1cccc(N)c1. The quantitative estimate of drug-likeness (QED) is 0.497. The van der Waals surface area contributed by atoms with E-state index in [0.29, 0.717) is 11.4 Å². The predicted molar refractivity (Wildman–Crippen MR) is 52.9 cm³/mol. The van der Waals surface area contributed by atoms with Crippen molar-refractivity contribution in [2.75, 3.05) is 11.1 Å². The molecule has 0 atom stereocenters. The van der Waals surface area contributed by atoms with Crippen LogP contribution in [0, 0.1) is 11.8 Å². The molecule has 0 saturated carbocycles. The second-order valence-corrected chi connectivity index (χ2v) is 2.45. The Kier molecular flexibility index (Phi) is 2.93. The minimum atomic E-state index is -0.326. The van der Waals surface area contributed by atoms with E-state index >= 15 is 0 Å². The molecule has 1 aromatic carbocycles. The van der Waals surface area contributed by atoms with Crippen molar-refractivity contribution in [3.8, 4) is 11.8 Å². The van der Waals surface area contributed by atoms with Crippen molar-refractivity contribution in [1.82, 2.24) is 0 Å². The van der Waals surface area contributed by atoms with Gasteiger partial charge in [0, 0.05) is 11.4 Å². The van der Waals surface area contributed by atoms with Crippen LogP contribution in [0.3, 0.4) is 0 Å². The van der Waals surface area contributed by atoms with Crippen LogP contribution >= 0.6 is 0 Å². The van der Waals surface area contributed by atoms with E-state index in [1.807, 2.05) is 0 Å². The van der Waals surface area contributed by atoms with Crippen molar-refractivity contribution in [2.24, 2.45) is 0 Å². The minimum absolute atomic E-state index is 0.326. The standard InChI is InChI=1S/C10H10N2O/c1-2-4-10(13)12-9-6-3-5-8(11)7-9/h3,5-7H,11H2,1H3,(H,12,13). The summed E-state index contributed by atoms with van der Waals surface area (Å²) in [5, 5.41) is 2.59. The maximum atomic E-state index is 11.0. The molecule has 0 aromatic heterocycles. The van der Waals surface area contributed by atoms with Gasteiger partial charge < -0.3 is 11.1 Å². The van der Waals surface area contributed by atoms with Gasteiger partial charge >= 0.3 is 0 Å². The highest BCUT2D eigenvalue weighted by Crippen LogP contribution is 2.10. The van der Waals surface area contributed by atoms with E-state index in [-0.39, 0.29) is 5.91 Å². The molecule has 0 unspecified atom stereocenters. The molecule has 0 aliphatic heterocycles. The fourth-order valence-electron chi connectivity index (χ4n) is 0.892. The van der Waals surface area contributed by atoms with Gasteiger partial charge in [0.2, 0.25) is 0 Å². The molecule has 13 heavy (non-hydrogen) atoms. The number of anilines is 2. The fourth-order valence-corrected chi connectivity index (χ4v) is 0.892. The molecule has 3 N–H and O–H groups in total. The number of hydrogen-bond acceptors (Lipinski definition) is 2. The first kappa shape index (κ1) is 9.14. The molecule has 0 spiro atoms. The number of nitrogen functional groups attached to an aromatic ring is 1. The Hall–Kier alpha value is -1.95. The topological polar surface area (TPSA) is 55.1 Å². The first-order valence-corrected chi connectivity index (χ1v) is 3.81. The summed E-state index contributed by atoms with van der Waals surface area (Å²) in [6, 6.07) is 6.95. The van der Waals surface area contributed by atoms with Crippen LogP contribution in [0.4, 0.5) is 11.4 Å². The second kappa shape index (κ2) is 4.17. The summed E-state index contributed by atoms with van der Waals surface area (Å²) in [7, 11) is 0. The van der Waals surface area contributed by atoms with Gasteiger partial charge in [-0.3, -0.25) is 4.79 Å². The average Bonchev–Trinajstić information content (AvgIpc) is 2.04. The number of carbonyl (C=O) groups excluding carboxylic acids is 1. The number of benzene rings is 1. The van der Waals surface area contributed by atoms with Crippen molar-refractivity contribution in [2.45, 2.75) is 6.92 Å². The summed E-state index contributed by atoms with van der Waals surface area (Å²) in [6.07, 6.45) is 0. The largest absolute Gasteiger partial charge is 0.399 e. The molecule has 0 radical (unpaired) electrons. The molecular formula is C10H10N2O. The van der Waals surface area contributed by atoms with Crippen molar-refractivity contribution >= 4 is 17.3 Å². The number of carbonyl (C=O) groups is 1. The smallest absolute Gasteiger partial charge is 0.300 e. The van der Waals surface area contributed by atoms with Crippen molar-refractivity contribution < 1.29 is 4.79 Å². The van der Waals surface area contributed by atoms with E-state index in [1.165, 1.54) is 0 Å². The Morgan fingerprint density at radius 2 is 2.31 bits per heavy atom. The Morgan fingerprint density at radius 3 is 2.92 bits per heavy atom. The molecule has 1 aromatic rings. The zero-order chi connectivity index (χ0) is 9.68. The highest BCUT2D eigenvalue weighted by atomic mass is 16.1. The van der Waals surface area contributed by atoms with Crippen LogP contribution in [-0.4, -0.2) is 5.91 Å². The van der Waals surface area contributed by atoms with Crippen LogP contribution in [0.5, 0.6) is 0 Å². The second-order valence-electron chi connectivity index (χ2n) is 2.45. The monoisotopic (exact) mass is 174 g/mol. The lowest BCUT2D eigenvalue weighted by atomic mass is 10.3. The lowest BCUT2D eigenvalue weighted by molar-refractivity contribution is -0.111. The summed E-state index contributed by atoms with van der Waals surface area (Å²) in [5.41, 5.74) is 6.79. The molecule has 0 heterocycles. The Bertz CT molecular complexity index is 374. The molecule has 0 aliphatic rings. The third-order valence-corrected chi connectivity index (χ3v) is 1.38. The molecule has 3 heteroatoms. The van der Waals surface area contributed by atoms with E-state index in [4.69, 9.17) is 5.73 Å². The Morgan fingerprint density at radius 1 is 1.54 bits per heavy atom. The van der Waals surface area contributed by atoms with Gasteiger partial charge in [0.15, 0.2) is 0 Å². The number of amides is 1. The van der Waals surface area contributed by atoms with Gasteiger partial charge in [-0.25, -0.2) is 0 Å². The zero-order valence-electron chi connectivity index (χ0n) is 7.29. The van der Waals surface area contributed by atoms with Gasteiger partial charge in [0.05, 0.1) is 0 Å². The van der Waals surface area contributed by atoms with Crippen LogP contribution in [0.1, 0.15) is 6.92 Å². The molecule has 0 saturated heterocycles. The molecule has 66 valence electrons. The minimum Gasteiger partial charge on any atom is -0.399 e. The molecule has 3 nitrogen and oxygen atoms in total. The summed E-state index contributed by atoms with van der Waals surface area (Å²) in [6.45, 7) is 1.61. The third kappa shape index (κ3) is 2.88. The summed E-state index contributed by atoms with van der Waals surface area (Å²) in [5.74, 6) is 4.56. The lowest BCUT2D eigenvalue weighted by Gasteiger charge is -2.00. The van der Waals surface area contributed by atoms with E-state index in [0.717, 1.165) is 0 Å². The van der Waals surface area contributed by atoms with Crippen LogP contribution in [0.2, 0.25) is 0 Å². The average molecular weight is 174 g/mol. The molecule has 0 aliphatic carbocycles. The number of nitrogens with one attached hydrogen (secondary N) is 1. The predicted octanol–water partition coefficient (Wildman–Crippen LogP) is 1.23. The van der Waals surface area contributed by atoms with Gasteiger partial charge in [-0.2, -0.15) is 0 Å². The van der Waals surface area contributed by atoms with Crippen LogP contribution in [0.15, 0.2) is 24.3 Å². The first-order valence-electron chi connectivity index (χ1n) is 3.81. The summed E-state index contributed by atoms with van der Waals surface area (Å²) < 4.78 is 0. The van der Waals surface area contributed by atoms with Crippen LogP contribution < -0.4 is 11.1 Å². The van der Waals surface area contributed by atoms with E-state index < -0.39 is 0 Å². The summed E-state index contributed by atoms with van der Waals surface area (Å²) >= 11 is 0. The maximum Gasteiger partial charge on any atom is 0.300 e. The molecule has 0 fully saturated rings. The van der Waals surface area contributed by atoms with Crippen LogP contribution in [-0.2, 0) is 4.79 Å². The Balaban J connectivity index is 2.73. The molecule has 1 amide bonds. The number of hydrogen-bond donors (Lipinski definition) is 2. The van der Waals surface area contributed by atoms with Crippen molar-refractivity contribution in [1.29, 1.82) is 0 Å². The first-order chi connectivity index (χ1) is 6.22. The van der Waals surface area contributed by atoms with E-state index in [1.54, 1.807) is 31.2 Å². The van der Waals surface area contributed by atoms with Crippen molar-refractivity contribution in [3.05, 3.63) is 24.3 Å². The highest BCUT2D eigenvalue weighted by Gasteiger charge is 1.96. The van der Waals surface area contributed by atoms with Gasteiger partial charge in [-0.1, -0.05) is 12.0 Å². The fraction of sp³-hybridized carbons (Fsp3) is 0.100. The lowest BCUT2D eigenvalue weighted by Crippen LogP contribution is -2.08. The Labute approximate surface area is 76.9 Å². The number of rotatable bonds is 1. The van der Waals surface area contributed by atoms with Crippen LogP contribution in [0.25, 0.3) is 0 Å². The van der Waals surface area contributed by atoms with E-state index in [9.17, 15) is 4.79 Å². The molecular weight excluding hydrogens is 164 g/mol. The van der Waals surface area contributed by atoms with Gasteiger partial charge in [-0.15, -0.1) is 0 Å². The van der Waals surface area contributed by atoms with Crippen molar-refractivity contribution in [3.63, 3.8) is 0 Å². The number of nitrogens with two attached hydrogens (primary N) is 1.